The fourth-order valence-corrected chi connectivity index (χ4v) is 1.57. The molecule has 0 fully saturated rings. The van der Waals surface area contributed by atoms with Gasteiger partial charge in [0, 0.05) is 19.5 Å². The van der Waals surface area contributed by atoms with E-state index in [-0.39, 0.29) is 18.3 Å². The monoisotopic (exact) mass is 253 g/mol. The number of rotatable bonds is 6. The second kappa shape index (κ2) is 6.83. The number of furan rings is 1. The predicted molar refractivity (Wildman–Crippen MR) is 66.3 cm³/mol. The first kappa shape index (κ1) is 14.3. The van der Waals surface area contributed by atoms with Crippen molar-refractivity contribution in [3.05, 3.63) is 23.7 Å². The number of amides is 1. The summed E-state index contributed by atoms with van der Waals surface area (Å²) in [4.78, 5) is 24.7. The Morgan fingerprint density at radius 2 is 2.06 bits per heavy atom. The molecule has 0 aromatic carbocycles. The van der Waals surface area contributed by atoms with E-state index in [9.17, 15) is 9.59 Å². The zero-order valence-electron chi connectivity index (χ0n) is 11.1. The minimum atomic E-state index is -0.324. The molecule has 1 aromatic heterocycles. The topological polar surface area (TPSA) is 59.8 Å². The summed E-state index contributed by atoms with van der Waals surface area (Å²) in [5.41, 5.74) is 0. The number of hydrogen-bond acceptors (Lipinski definition) is 4. The van der Waals surface area contributed by atoms with Crippen molar-refractivity contribution in [3.8, 4) is 0 Å². The molecule has 0 N–H and O–H groups in total. The molecule has 0 atom stereocenters. The van der Waals surface area contributed by atoms with Crippen molar-refractivity contribution in [2.45, 2.75) is 26.7 Å². The average molecular weight is 253 g/mol. The third-order valence-electron chi connectivity index (χ3n) is 2.70. The summed E-state index contributed by atoms with van der Waals surface area (Å²) in [5, 5.41) is 0. The van der Waals surface area contributed by atoms with Crippen molar-refractivity contribution in [3.63, 3.8) is 0 Å². The van der Waals surface area contributed by atoms with Gasteiger partial charge in [-0.1, -0.05) is 6.92 Å². The summed E-state index contributed by atoms with van der Waals surface area (Å²) in [6, 6.07) is 3.46. The molecule has 0 radical (unpaired) electrons. The fourth-order valence-electron chi connectivity index (χ4n) is 1.57. The highest BCUT2D eigenvalue weighted by molar-refractivity contribution is 5.91. The molecule has 100 valence electrons. The number of carbonyl (C=O) groups excluding carboxylic acids is 2. The Balaban J connectivity index is 2.64. The van der Waals surface area contributed by atoms with Crippen LogP contribution in [0.1, 0.15) is 36.6 Å². The maximum atomic E-state index is 12.1. The number of carbonyl (C=O) groups is 2. The maximum absolute atomic E-state index is 12.1. The first-order chi connectivity index (χ1) is 8.62. The van der Waals surface area contributed by atoms with Gasteiger partial charge in [-0.15, -0.1) is 0 Å². The van der Waals surface area contributed by atoms with E-state index in [4.69, 9.17) is 4.42 Å². The highest BCUT2D eigenvalue weighted by atomic mass is 16.5. The van der Waals surface area contributed by atoms with Gasteiger partial charge in [0.1, 0.15) is 5.76 Å². The van der Waals surface area contributed by atoms with Crippen LogP contribution < -0.4 is 0 Å². The number of aryl methyl sites for hydroxylation is 1. The lowest BCUT2D eigenvalue weighted by Crippen LogP contribution is -2.32. The van der Waals surface area contributed by atoms with Gasteiger partial charge in [0.25, 0.3) is 5.91 Å². The van der Waals surface area contributed by atoms with Gasteiger partial charge in [0.05, 0.1) is 13.5 Å². The molecule has 0 saturated heterocycles. The summed E-state index contributed by atoms with van der Waals surface area (Å²) < 4.78 is 9.95. The van der Waals surface area contributed by atoms with E-state index in [2.05, 4.69) is 4.74 Å². The molecule has 0 spiro atoms. The molecular formula is C13H19NO4. The van der Waals surface area contributed by atoms with Crippen LogP contribution in [0.3, 0.4) is 0 Å². The summed E-state index contributed by atoms with van der Waals surface area (Å²) in [5.74, 6) is 0.581. The van der Waals surface area contributed by atoms with Crippen molar-refractivity contribution >= 4 is 11.9 Å². The lowest BCUT2D eigenvalue weighted by molar-refractivity contribution is -0.140. The SMILES string of the molecule is CCc1ccc(C(=O)N(CC)CCC(=O)OC)o1. The summed E-state index contributed by atoms with van der Waals surface area (Å²) >= 11 is 0. The number of methoxy groups -OCH3 is 1. The minimum absolute atomic E-state index is 0.192. The van der Waals surface area contributed by atoms with Gasteiger partial charge in [0.15, 0.2) is 5.76 Å². The van der Waals surface area contributed by atoms with Crippen LogP contribution in [-0.2, 0) is 16.0 Å². The van der Waals surface area contributed by atoms with E-state index in [1.54, 1.807) is 17.0 Å². The van der Waals surface area contributed by atoms with Crippen LogP contribution in [0.4, 0.5) is 0 Å². The fraction of sp³-hybridized carbons (Fsp3) is 0.538. The summed E-state index contributed by atoms with van der Waals surface area (Å²) in [6.07, 6.45) is 0.943. The van der Waals surface area contributed by atoms with E-state index in [0.29, 0.717) is 18.8 Å². The van der Waals surface area contributed by atoms with Crippen LogP contribution in [-0.4, -0.2) is 37.0 Å². The molecule has 0 bridgehead atoms. The second-order valence-electron chi connectivity index (χ2n) is 3.83. The Morgan fingerprint density at radius 3 is 2.56 bits per heavy atom. The zero-order chi connectivity index (χ0) is 13.5. The van der Waals surface area contributed by atoms with E-state index < -0.39 is 0 Å². The van der Waals surface area contributed by atoms with Gasteiger partial charge in [-0.3, -0.25) is 9.59 Å². The van der Waals surface area contributed by atoms with Gasteiger partial charge in [-0.05, 0) is 19.1 Å². The Hall–Kier alpha value is -1.78. The van der Waals surface area contributed by atoms with E-state index >= 15 is 0 Å². The number of ether oxygens (including phenoxy) is 1. The Kier molecular flexibility index (Phi) is 5.42. The largest absolute Gasteiger partial charge is 0.469 e. The van der Waals surface area contributed by atoms with Crippen molar-refractivity contribution in [2.24, 2.45) is 0 Å². The Labute approximate surface area is 107 Å². The van der Waals surface area contributed by atoms with Gasteiger partial charge >= 0.3 is 5.97 Å². The van der Waals surface area contributed by atoms with Crippen LogP contribution in [0.5, 0.6) is 0 Å². The standard InChI is InChI=1S/C13H19NO4/c1-4-10-6-7-11(18-10)13(16)14(5-2)9-8-12(15)17-3/h6-7H,4-5,8-9H2,1-3H3. The predicted octanol–water partition coefficient (Wildman–Crippen LogP) is 1.87. The quantitative estimate of drug-likeness (QED) is 0.726. The number of esters is 1. The van der Waals surface area contributed by atoms with Crippen molar-refractivity contribution in [2.75, 3.05) is 20.2 Å². The molecule has 0 aliphatic rings. The molecule has 1 amide bonds. The lowest BCUT2D eigenvalue weighted by Gasteiger charge is -2.18. The van der Waals surface area contributed by atoms with Crippen LogP contribution in [0.2, 0.25) is 0 Å². The third-order valence-corrected chi connectivity index (χ3v) is 2.70. The van der Waals surface area contributed by atoms with E-state index in [1.807, 2.05) is 13.8 Å². The molecule has 0 saturated carbocycles. The van der Waals surface area contributed by atoms with Gasteiger partial charge < -0.3 is 14.1 Å². The van der Waals surface area contributed by atoms with Crippen molar-refractivity contribution < 1.29 is 18.7 Å². The van der Waals surface area contributed by atoms with Crippen LogP contribution in [0.25, 0.3) is 0 Å². The van der Waals surface area contributed by atoms with Gasteiger partial charge in [-0.25, -0.2) is 0 Å². The van der Waals surface area contributed by atoms with E-state index in [0.717, 1.165) is 12.2 Å². The molecule has 5 nitrogen and oxygen atoms in total. The molecule has 18 heavy (non-hydrogen) atoms. The smallest absolute Gasteiger partial charge is 0.307 e. The van der Waals surface area contributed by atoms with Crippen molar-refractivity contribution in [1.82, 2.24) is 4.90 Å². The molecule has 5 heteroatoms. The van der Waals surface area contributed by atoms with Crippen LogP contribution >= 0.6 is 0 Å². The van der Waals surface area contributed by atoms with Crippen molar-refractivity contribution in [1.29, 1.82) is 0 Å². The molecule has 1 rings (SSSR count). The molecular weight excluding hydrogens is 234 g/mol. The lowest BCUT2D eigenvalue weighted by atomic mass is 10.3. The van der Waals surface area contributed by atoms with Gasteiger partial charge in [-0.2, -0.15) is 0 Å². The highest BCUT2D eigenvalue weighted by Gasteiger charge is 2.18. The average Bonchev–Trinajstić information content (AvgIpc) is 2.87. The van der Waals surface area contributed by atoms with Crippen LogP contribution in [0.15, 0.2) is 16.5 Å². The third kappa shape index (κ3) is 3.61. The Morgan fingerprint density at radius 1 is 1.33 bits per heavy atom. The number of nitrogens with zero attached hydrogens (tertiary/aromatic N) is 1. The molecule has 0 aliphatic heterocycles. The normalized spacial score (nSPS) is 10.2. The summed E-state index contributed by atoms with van der Waals surface area (Å²) in [6.45, 7) is 4.68. The first-order valence-electron chi connectivity index (χ1n) is 6.07. The van der Waals surface area contributed by atoms with E-state index in [1.165, 1.54) is 7.11 Å². The minimum Gasteiger partial charge on any atom is -0.469 e. The number of hydrogen-bond donors (Lipinski definition) is 0. The Bertz CT molecular complexity index is 411. The van der Waals surface area contributed by atoms with Gasteiger partial charge in [0.2, 0.25) is 0 Å². The molecule has 0 unspecified atom stereocenters. The molecule has 0 aliphatic carbocycles. The van der Waals surface area contributed by atoms with Crippen LogP contribution in [0, 0.1) is 0 Å². The highest BCUT2D eigenvalue weighted by Crippen LogP contribution is 2.11. The summed E-state index contributed by atoms with van der Waals surface area (Å²) in [7, 11) is 1.33. The molecule has 1 heterocycles. The maximum Gasteiger partial charge on any atom is 0.307 e. The second-order valence-corrected chi connectivity index (χ2v) is 3.83. The zero-order valence-corrected chi connectivity index (χ0v) is 11.1. The molecule has 1 aromatic rings. The first-order valence-corrected chi connectivity index (χ1v) is 6.07.